The average Bonchev–Trinajstić information content (AvgIpc) is 3.15. The summed E-state index contributed by atoms with van der Waals surface area (Å²) < 4.78 is 5.65. The number of anilines is 1. The number of aryl methyl sites for hydroxylation is 1. The fourth-order valence-electron chi connectivity index (χ4n) is 2.56. The number of nitro groups is 1. The molecule has 0 fully saturated rings. The van der Waals surface area contributed by atoms with Gasteiger partial charge in [0.05, 0.1) is 4.92 Å². The van der Waals surface area contributed by atoms with Crippen LogP contribution in [0.15, 0.2) is 70.7 Å². The topological polar surface area (TPSA) is 109 Å². The van der Waals surface area contributed by atoms with Crippen molar-refractivity contribution in [2.75, 3.05) is 5.32 Å². The van der Waals surface area contributed by atoms with Crippen molar-refractivity contribution in [1.82, 2.24) is 0 Å². The molecule has 0 radical (unpaired) electrons. The molecule has 0 aliphatic heterocycles. The first kappa shape index (κ1) is 18.6. The van der Waals surface area contributed by atoms with E-state index in [1.807, 2.05) is 12.1 Å². The van der Waals surface area contributed by atoms with E-state index >= 15 is 0 Å². The molecule has 7 nitrogen and oxygen atoms in total. The highest BCUT2D eigenvalue weighted by Crippen LogP contribution is 2.28. The van der Waals surface area contributed by atoms with Crippen LogP contribution in [0.4, 0.5) is 11.4 Å². The molecule has 0 aliphatic carbocycles. The summed E-state index contributed by atoms with van der Waals surface area (Å²) in [6, 6.07) is 18.6. The molecule has 0 saturated heterocycles. The zero-order valence-corrected chi connectivity index (χ0v) is 14.9. The molecule has 3 aromatic rings. The Labute approximate surface area is 160 Å². The minimum Gasteiger partial charge on any atom is -0.457 e. The van der Waals surface area contributed by atoms with Crippen molar-refractivity contribution in [1.29, 1.82) is 5.26 Å². The van der Waals surface area contributed by atoms with E-state index in [-0.39, 0.29) is 17.0 Å². The number of nitro benzene ring substituents is 1. The van der Waals surface area contributed by atoms with Crippen LogP contribution in [0.1, 0.15) is 11.3 Å². The lowest BCUT2D eigenvalue weighted by Gasteiger charge is -2.03. The first-order valence-corrected chi connectivity index (χ1v) is 8.31. The summed E-state index contributed by atoms with van der Waals surface area (Å²) >= 11 is 0. The Hall–Kier alpha value is -4.18. The number of para-hydroxylation sites is 1. The fourth-order valence-corrected chi connectivity index (χ4v) is 2.56. The van der Waals surface area contributed by atoms with Gasteiger partial charge in [-0.25, -0.2) is 0 Å². The Bertz CT molecular complexity index is 1110. The van der Waals surface area contributed by atoms with Crippen LogP contribution in [-0.4, -0.2) is 10.8 Å². The van der Waals surface area contributed by atoms with Crippen molar-refractivity contribution >= 4 is 23.4 Å². The Kier molecular flexibility index (Phi) is 5.33. The molecule has 0 spiro atoms. The lowest BCUT2D eigenvalue weighted by atomic mass is 10.1. The normalized spacial score (nSPS) is 10.9. The Morgan fingerprint density at radius 1 is 1.18 bits per heavy atom. The van der Waals surface area contributed by atoms with Crippen LogP contribution >= 0.6 is 0 Å². The van der Waals surface area contributed by atoms with Gasteiger partial charge in [0.15, 0.2) is 0 Å². The highest BCUT2D eigenvalue weighted by Gasteiger charge is 2.15. The monoisotopic (exact) mass is 373 g/mol. The van der Waals surface area contributed by atoms with Crippen LogP contribution in [0.25, 0.3) is 17.4 Å². The summed E-state index contributed by atoms with van der Waals surface area (Å²) in [5.74, 6) is 0.130. The van der Waals surface area contributed by atoms with Gasteiger partial charge in [-0.15, -0.1) is 0 Å². The molecule has 138 valence electrons. The van der Waals surface area contributed by atoms with Gasteiger partial charge in [-0.3, -0.25) is 14.9 Å². The minimum atomic E-state index is -0.558. The largest absolute Gasteiger partial charge is 0.457 e. The molecule has 1 aromatic heterocycles. The van der Waals surface area contributed by atoms with E-state index in [0.29, 0.717) is 22.6 Å². The number of hydrogen-bond donors (Lipinski definition) is 1. The van der Waals surface area contributed by atoms with Crippen LogP contribution in [0.3, 0.4) is 0 Å². The first-order valence-electron chi connectivity index (χ1n) is 8.31. The third-order valence-corrected chi connectivity index (χ3v) is 4.00. The van der Waals surface area contributed by atoms with Gasteiger partial charge in [0, 0.05) is 29.0 Å². The highest BCUT2D eigenvalue weighted by molar-refractivity contribution is 6.09. The maximum atomic E-state index is 12.3. The van der Waals surface area contributed by atoms with E-state index in [1.54, 1.807) is 55.5 Å². The highest BCUT2D eigenvalue weighted by atomic mass is 16.6. The maximum Gasteiger partial charge on any atom is 0.273 e. The van der Waals surface area contributed by atoms with Gasteiger partial charge in [0.2, 0.25) is 0 Å². The number of furan rings is 1. The van der Waals surface area contributed by atoms with E-state index < -0.39 is 10.8 Å². The second-order valence-corrected chi connectivity index (χ2v) is 5.95. The van der Waals surface area contributed by atoms with Crippen molar-refractivity contribution in [3.8, 4) is 17.4 Å². The summed E-state index contributed by atoms with van der Waals surface area (Å²) in [6.45, 7) is 1.66. The number of carbonyl (C=O) groups excluding carboxylic acids is 1. The van der Waals surface area contributed by atoms with Crippen molar-refractivity contribution in [2.24, 2.45) is 0 Å². The summed E-state index contributed by atoms with van der Waals surface area (Å²) in [5.41, 5.74) is 1.51. The van der Waals surface area contributed by atoms with Crippen LogP contribution in [0, 0.1) is 28.4 Å². The third-order valence-electron chi connectivity index (χ3n) is 4.00. The molecule has 28 heavy (non-hydrogen) atoms. The number of carbonyl (C=O) groups is 1. The molecule has 1 N–H and O–H groups in total. The zero-order chi connectivity index (χ0) is 20.1. The molecule has 3 rings (SSSR count). The van der Waals surface area contributed by atoms with Crippen molar-refractivity contribution < 1.29 is 14.1 Å². The van der Waals surface area contributed by atoms with E-state index in [4.69, 9.17) is 4.42 Å². The number of nitriles is 1. The van der Waals surface area contributed by atoms with Gasteiger partial charge in [-0.2, -0.15) is 5.26 Å². The molecular weight excluding hydrogens is 358 g/mol. The van der Waals surface area contributed by atoms with Gasteiger partial charge < -0.3 is 9.73 Å². The number of benzene rings is 2. The maximum absolute atomic E-state index is 12.3. The van der Waals surface area contributed by atoms with Crippen LogP contribution in [0.5, 0.6) is 0 Å². The average molecular weight is 373 g/mol. The van der Waals surface area contributed by atoms with Crippen LogP contribution in [-0.2, 0) is 4.79 Å². The molecule has 0 unspecified atom stereocenters. The number of hydrogen-bond acceptors (Lipinski definition) is 5. The van der Waals surface area contributed by atoms with E-state index in [0.717, 1.165) is 0 Å². The molecule has 0 aliphatic rings. The smallest absolute Gasteiger partial charge is 0.273 e. The van der Waals surface area contributed by atoms with E-state index in [2.05, 4.69) is 5.32 Å². The van der Waals surface area contributed by atoms with Gasteiger partial charge in [-0.05, 0) is 31.2 Å². The molecule has 0 bridgehead atoms. The quantitative estimate of drug-likeness (QED) is 0.301. The fraction of sp³-hybridized carbons (Fsp3) is 0.0476. The van der Waals surface area contributed by atoms with Crippen LogP contribution < -0.4 is 5.32 Å². The third kappa shape index (κ3) is 4.14. The lowest BCUT2D eigenvalue weighted by Crippen LogP contribution is -2.13. The van der Waals surface area contributed by atoms with Gasteiger partial charge in [0.1, 0.15) is 23.2 Å². The number of amides is 1. The molecule has 7 heteroatoms. The van der Waals surface area contributed by atoms with Crippen LogP contribution in [0.2, 0.25) is 0 Å². The number of nitrogens with one attached hydrogen (secondary N) is 1. The van der Waals surface area contributed by atoms with Gasteiger partial charge >= 0.3 is 0 Å². The summed E-state index contributed by atoms with van der Waals surface area (Å²) in [6.07, 6.45) is 1.32. The van der Waals surface area contributed by atoms with Crippen molar-refractivity contribution in [3.63, 3.8) is 0 Å². The number of nitrogens with zero attached hydrogens (tertiary/aromatic N) is 2. The summed E-state index contributed by atoms with van der Waals surface area (Å²) in [4.78, 5) is 22.9. The lowest BCUT2D eigenvalue weighted by molar-refractivity contribution is -0.385. The molecule has 2 aromatic carbocycles. The second-order valence-electron chi connectivity index (χ2n) is 5.95. The van der Waals surface area contributed by atoms with Gasteiger partial charge in [-0.1, -0.05) is 30.3 Å². The predicted octanol–water partition coefficient (Wildman–Crippen LogP) is 4.71. The summed E-state index contributed by atoms with van der Waals surface area (Å²) in [5, 5.41) is 23.0. The molecular formula is C21H15N3O4. The van der Waals surface area contributed by atoms with E-state index in [1.165, 1.54) is 12.1 Å². The van der Waals surface area contributed by atoms with Gasteiger partial charge in [0.25, 0.3) is 11.6 Å². The molecule has 0 saturated carbocycles. The molecule has 0 atom stereocenters. The Balaban J connectivity index is 1.84. The predicted molar refractivity (Wildman–Crippen MR) is 104 cm³/mol. The minimum absolute atomic E-state index is 0.00838. The first-order chi connectivity index (χ1) is 13.5. The molecule has 1 heterocycles. The SMILES string of the molecule is Cc1ccc(-c2ccc(/C=C(/C#N)C(=O)Nc3ccccc3)o2)cc1[N+](=O)[O-]. The zero-order valence-electron chi connectivity index (χ0n) is 14.9. The Morgan fingerprint density at radius 3 is 2.61 bits per heavy atom. The van der Waals surface area contributed by atoms with E-state index in [9.17, 15) is 20.2 Å². The second kappa shape index (κ2) is 8.01. The standard InChI is InChI=1S/C21H15N3O4/c1-14-7-8-15(12-19(14)24(26)27)20-10-9-18(28-20)11-16(13-22)21(25)23-17-5-3-2-4-6-17/h2-12H,1H3,(H,23,25)/b16-11-. The molecule has 1 amide bonds. The summed E-state index contributed by atoms with van der Waals surface area (Å²) in [7, 11) is 0. The number of rotatable bonds is 5. The Morgan fingerprint density at radius 2 is 1.93 bits per heavy atom. The van der Waals surface area contributed by atoms with Crippen molar-refractivity contribution in [3.05, 3.63) is 87.7 Å². The van der Waals surface area contributed by atoms with Crippen molar-refractivity contribution in [2.45, 2.75) is 6.92 Å².